The first-order valence-electron chi connectivity index (χ1n) is 5.95. The van der Waals surface area contributed by atoms with Crippen LogP contribution < -0.4 is 0 Å². The Morgan fingerprint density at radius 1 is 1.47 bits per heavy atom. The Morgan fingerprint density at radius 3 is 2.68 bits per heavy atom. The van der Waals surface area contributed by atoms with Crippen molar-refractivity contribution in [1.82, 2.24) is 9.29 Å². The minimum Gasteiger partial charge on any atom is -0.464 e. The van der Waals surface area contributed by atoms with Crippen molar-refractivity contribution in [1.29, 1.82) is 0 Å². The fraction of sp³-hybridized carbons (Fsp3) is 0.636. The van der Waals surface area contributed by atoms with Crippen LogP contribution in [-0.4, -0.2) is 43.1 Å². The lowest BCUT2D eigenvalue weighted by Gasteiger charge is -2.18. The normalized spacial score (nSPS) is 11.8. The van der Waals surface area contributed by atoms with Gasteiger partial charge in [0.2, 0.25) is 15.9 Å². The molecule has 8 heteroatoms. The van der Waals surface area contributed by atoms with Crippen LogP contribution in [0.15, 0.2) is 10.7 Å². The molecule has 0 bridgehead atoms. The average Bonchev–Trinajstić information content (AvgIpc) is 2.86. The zero-order valence-corrected chi connectivity index (χ0v) is 12.1. The van der Waals surface area contributed by atoms with Crippen LogP contribution in [0.3, 0.4) is 0 Å². The number of aromatic nitrogens is 1. The SMILES string of the molecule is CCCN(Cc1nc(C(=O)OC)co1)S(=O)(=O)CC. The summed E-state index contributed by atoms with van der Waals surface area (Å²) >= 11 is 0. The van der Waals surface area contributed by atoms with E-state index in [2.05, 4.69) is 9.72 Å². The second-order valence-electron chi connectivity index (χ2n) is 3.85. The Balaban J connectivity index is 2.86. The number of esters is 1. The van der Waals surface area contributed by atoms with Gasteiger partial charge in [-0.05, 0) is 13.3 Å². The summed E-state index contributed by atoms with van der Waals surface area (Å²) in [6, 6.07) is 0. The van der Waals surface area contributed by atoms with E-state index in [0.717, 1.165) is 6.26 Å². The maximum Gasteiger partial charge on any atom is 0.360 e. The third-order valence-electron chi connectivity index (χ3n) is 2.49. The quantitative estimate of drug-likeness (QED) is 0.696. The molecule has 19 heavy (non-hydrogen) atoms. The van der Waals surface area contributed by atoms with Crippen molar-refractivity contribution in [3.8, 4) is 0 Å². The van der Waals surface area contributed by atoms with Crippen molar-refractivity contribution in [3.63, 3.8) is 0 Å². The summed E-state index contributed by atoms with van der Waals surface area (Å²) in [6.07, 6.45) is 1.84. The first-order chi connectivity index (χ1) is 8.94. The van der Waals surface area contributed by atoms with Crippen molar-refractivity contribution >= 4 is 16.0 Å². The van der Waals surface area contributed by atoms with Gasteiger partial charge in [-0.1, -0.05) is 6.92 Å². The Hall–Kier alpha value is -1.41. The molecule has 0 aliphatic heterocycles. The molecule has 0 aliphatic rings. The van der Waals surface area contributed by atoms with Gasteiger partial charge in [0, 0.05) is 6.54 Å². The lowest BCUT2D eigenvalue weighted by Crippen LogP contribution is -2.32. The number of nitrogens with zero attached hydrogens (tertiary/aromatic N) is 2. The predicted molar refractivity (Wildman–Crippen MR) is 68.0 cm³/mol. The minimum atomic E-state index is -3.32. The third-order valence-corrected chi connectivity index (χ3v) is 4.32. The molecule has 0 aliphatic carbocycles. The number of carbonyl (C=O) groups excluding carboxylic acids is 1. The molecule has 1 heterocycles. The summed E-state index contributed by atoms with van der Waals surface area (Å²) in [4.78, 5) is 15.1. The van der Waals surface area contributed by atoms with E-state index in [0.29, 0.717) is 13.0 Å². The third kappa shape index (κ3) is 4.03. The Kier molecular flexibility index (Phi) is 5.49. The number of rotatable bonds is 7. The van der Waals surface area contributed by atoms with Gasteiger partial charge >= 0.3 is 5.97 Å². The molecular weight excluding hydrogens is 272 g/mol. The molecule has 0 aromatic carbocycles. The van der Waals surface area contributed by atoms with E-state index >= 15 is 0 Å². The van der Waals surface area contributed by atoms with Crippen LogP contribution in [0.25, 0.3) is 0 Å². The number of ether oxygens (including phenoxy) is 1. The molecule has 0 spiro atoms. The van der Waals surface area contributed by atoms with Gasteiger partial charge in [0.1, 0.15) is 6.26 Å². The van der Waals surface area contributed by atoms with Crippen LogP contribution in [0, 0.1) is 0 Å². The van der Waals surface area contributed by atoms with Gasteiger partial charge in [-0.3, -0.25) is 0 Å². The summed E-state index contributed by atoms with van der Waals surface area (Å²) in [6.45, 7) is 3.86. The molecule has 0 fully saturated rings. The summed E-state index contributed by atoms with van der Waals surface area (Å²) in [5.41, 5.74) is 0.0304. The van der Waals surface area contributed by atoms with Crippen molar-refractivity contribution in [2.45, 2.75) is 26.8 Å². The molecule has 0 N–H and O–H groups in total. The molecule has 0 amide bonds. The molecule has 1 aromatic heterocycles. The molecular formula is C11H18N2O5S. The van der Waals surface area contributed by atoms with Crippen molar-refractivity contribution in [2.75, 3.05) is 19.4 Å². The first kappa shape index (κ1) is 15.6. The van der Waals surface area contributed by atoms with E-state index in [1.807, 2.05) is 6.92 Å². The number of carbonyl (C=O) groups is 1. The van der Waals surface area contributed by atoms with Crippen LogP contribution in [0.4, 0.5) is 0 Å². The number of hydrogen-bond acceptors (Lipinski definition) is 6. The number of sulfonamides is 1. The van der Waals surface area contributed by atoms with Gasteiger partial charge in [-0.25, -0.2) is 18.2 Å². The fourth-order valence-corrected chi connectivity index (χ4v) is 2.61. The van der Waals surface area contributed by atoms with Crippen molar-refractivity contribution in [2.24, 2.45) is 0 Å². The fourth-order valence-electron chi connectivity index (χ4n) is 1.48. The van der Waals surface area contributed by atoms with E-state index in [1.54, 1.807) is 6.92 Å². The molecule has 108 valence electrons. The van der Waals surface area contributed by atoms with Gasteiger partial charge in [-0.15, -0.1) is 0 Å². The van der Waals surface area contributed by atoms with Crippen molar-refractivity contribution < 1.29 is 22.4 Å². The second-order valence-corrected chi connectivity index (χ2v) is 6.11. The Bertz CT molecular complexity index is 523. The maximum atomic E-state index is 11.9. The highest BCUT2D eigenvalue weighted by molar-refractivity contribution is 7.89. The van der Waals surface area contributed by atoms with E-state index in [4.69, 9.17) is 4.42 Å². The van der Waals surface area contributed by atoms with E-state index in [1.165, 1.54) is 11.4 Å². The van der Waals surface area contributed by atoms with Crippen LogP contribution in [0.2, 0.25) is 0 Å². The molecule has 1 rings (SSSR count). The maximum absolute atomic E-state index is 11.9. The zero-order valence-electron chi connectivity index (χ0n) is 11.2. The van der Waals surface area contributed by atoms with Gasteiger partial charge in [0.25, 0.3) is 0 Å². The monoisotopic (exact) mass is 290 g/mol. The topological polar surface area (TPSA) is 89.7 Å². The van der Waals surface area contributed by atoms with Crippen molar-refractivity contribution in [3.05, 3.63) is 17.8 Å². The van der Waals surface area contributed by atoms with Crippen LogP contribution in [-0.2, 0) is 21.3 Å². The molecule has 0 radical (unpaired) electrons. The highest BCUT2D eigenvalue weighted by Crippen LogP contribution is 2.11. The predicted octanol–water partition coefficient (Wildman–Crippen LogP) is 1.02. The van der Waals surface area contributed by atoms with E-state index in [9.17, 15) is 13.2 Å². The number of oxazole rings is 1. The van der Waals surface area contributed by atoms with Gasteiger partial charge in [-0.2, -0.15) is 4.31 Å². The zero-order chi connectivity index (χ0) is 14.5. The minimum absolute atomic E-state index is 0.0115. The van der Waals surface area contributed by atoms with E-state index < -0.39 is 16.0 Å². The van der Waals surface area contributed by atoms with Gasteiger partial charge < -0.3 is 9.15 Å². The molecule has 0 saturated carbocycles. The standard InChI is InChI=1S/C11H18N2O5S/c1-4-6-13(19(15,16)5-2)7-10-12-9(8-18-10)11(14)17-3/h8H,4-7H2,1-3H3. The van der Waals surface area contributed by atoms with Crippen LogP contribution in [0.5, 0.6) is 0 Å². The second kappa shape index (κ2) is 6.67. The molecule has 7 nitrogen and oxygen atoms in total. The number of methoxy groups -OCH3 is 1. The van der Waals surface area contributed by atoms with Gasteiger partial charge in [0.05, 0.1) is 19.4 Å². The average molecular weight is 290 g/mol. The highest BCUT2D eigenvalue weighted by Gasteiger charge is 2.22. The van der Waals surface area contributed by atoms with Crippen LogP contribution in [0.1, 0.15) is 36.6 Å². The summed E-state index contributed by atoms with van der Waals surface area (Å²) < 4.78 is 34.6. The van der Waals surface area contributed by atoms with E-state index in [-0.39, 0.29) is 23.9 Å². The van der Waals surface area contributed by atoms with Crippen LogP contribution >= 0.6 is 0 Å². The molecule has 0 atom stereocenters. The smallest absolute Gasteiger partial charge is 0.360 e. The highest BCUT2D eigenvalue weighted by atomic mass is 32.2. The summed E-state index contributed by atoms with van der Waals surface area (Å²) in [5, 5.41) is 0. The van der Waals surface area contributed by atoms with Gasteiger partial charge in [0.15, 0.2) is 5.69 Å². The first-order valence-corrected chi connectivity index (χ1v) is 7.56. The molecule has 1 aromatic rings. The largest absolute Gasteiger partial charge is 0.464 e. The molecule has 0 unspecified atom stereocenters. The Morgan fingerprint density at radius 2 is 2.16 bits per heavy atom. The summed E-state index contributed by atoms with van der Waals surface area (Å²) in [5.74, 6) is -0.432. The number of hydrogen-bond donors (Lipinski definition) is 0. The lowest BCUT2D eigenvalue weighted by atomic mass is 10.4. The lowest BCUT2D eigenvalue weighted by molar-refractivity contribution is 0.0594. The molecule has 0 saturated heterocycles. The Labute approximate surface area is 112 Å². The summed E-state index contributed by atoms with van der Waals surface area (Å²) in [7, 11) is -2.08.